The van der Waals surface area contributed by atoms with Crippen LogP contribution in [0.5, 0.6) is 0 Å². The van der Waals surface area contributed by atoms with Gasteiger partial charge in [-0.2, -0.15) is 0 Å². The molecular weight excluding hydrogens is 274 g/mol. The minimum absolute atomic E-state index is 0.500. The minimum Gasteiger partial charge on any atom is -0.362 e. The smallest absolute Gasteiger partial charge is 0.205 e. The number of benzene rings is 1. The van der Waals surface area contributed by atoms with Crippen molar-refractivity contribution in [3.63, 3.8) is 0 Å². The molecule has 0 unspecified atom stereocenters. The maximum atomic E-state index is 5.10. The highest BCUT2D eigenvalue weighted by Gasteiger charge is 2.09. The van der Waals surface area contributed by atoms with Crippen LogP contribution in [-0.4, -0.2) is 31.2 Å². The zero-order chi connectivity index (χ0) is 13.9. The van der Waals surface area contributed by atoms with Gasteiger partial charge in [0, 0.05) is 6.54 Å². The number of aromatic nitrogens is 4. The largest absolute Gasteiger partial charge is 0.362 e. The highest BCUT2D eigenvalue weighted by atomic mass is 32.1. The van der Waals surface area contributed by atoms with Crippen molar-refractivity contribution in [1.29, 1.82) is 0 Å². The van der Waals surface area contributed by atoms with Crippen LogP contribution >= 0.6 is 12.2 Å². The molecule has 20 heavy (non-hydrogen) atoms. The Balaban J connectivity index is 2.00. The van der Waals surface area contributed by atoms with Gasteiger partial charge in [0.2, 0.25) is 5.65 Å². The molecule has 0 amide bonds. The maximum absolute atomic E-state index is 5.10. The third-order valence-corrected chi connectivity index (χ3v) is 3.01. The van der Waals surface area contributed by atoms with Gasteiger partial charge in [-0.1, -0.05) is 12.1 Å². The summed E-state index contributed by atoms with van der Waals surface area (Å²) in [6, 6.07) is 7.79. The highest BCUT2D eigenvalue weighted by Crippen LogP contribution is 2.18. The van der Waals surface area contributed by atoms with Crippen molar-refractivity contribution >= 4 is 39.8 Å². The fraction of sp³-hybridized carbons (Fsp3) is 0.167. The van der Waals surface area contributed by atoms with Crippen LogP contribution < -0.4 is 16.2 Å². The predicted molar refractivity (Wildman–Crippen MR) is 81.3 cm³/mol. The Labute approximate surface area is 120 Å². The first-order valence-corrected chi connectivity index (χ1v) is 6.58. The van der Waals surface area contributed by atoms with Gasteiger partial charge in [0.05, 0.1) is 11.0 Å². The molecule has 3 aromatic rings. The van der Waals surface area contributed by atoms with Crippen molar-refractivity contribution in [3.05, 3.63) is 30.6 Å². The van der Waals surface area contributed by atoms with Gasteiger partial charge in [-0.15, -0.1) is 10.2 Å². The van der Waals surface area contributed by atoms with Gasteiger partial charge in [-0.3, -0.25) is 15.3 Å². The Hall–Kier alpha value is -2.48. The second kappa shape index (κ2) is 5.25. The van der Waals surface area contributed by atoms with E-state index >= 15 is 0 Å². The predicted octanol–water partition coefficient (Wildman–Crippen LogP) is 1.09. The molecule has 7 nitrogen and oxygen atoms in total. The van der Waals surface area contributed by atoms with Gasteiger partial charge in [0.1, 0.15) is 6.33 Å². The van der Waals surface area contributed by atoms with Crippen LogP contribution in [0.15, 0.2) is 30.6 Å². The van der Waals surface area contributed by atoms with Crippen molar-refractivity contribution in [2.75, 3.05) is 12.0 Å². The topological polar surface area (TPSA) is 79.2 Å². The number of nitrogens with one attached hydrogen (secondary N) is 3. The number of rotatable bonds is 3. The van der Waals surface area contributed by atoms with Crippen LogP contribution in [0.3, 0.4) is 0 Å². The lowest BCUT2D eigenvalue weighted by atomic mass is 10.3. The van der Waals surface area contributed by atoms with Crippen molar-refractivity contribution < 1.29 is 0 Å². The van der Waals surface area contributed by atoms with Crippen molar-refractivity contribution in [2.45, 2.75) is 6.92 Å². The quantitative estimate of drug-likeness (QED) is 0.491. The summed E-state index contributed by atoms with van der Waals surface area (Å²) in [5, 5.41) is 11.5. The van der Waals surface area contributed by atoms with E-state index in [1.807, 2.05) is 35.6 Å². The normalized spacial score (nSPS) is 10.7. The van der Waals surface area contributed by atoms with Crippen LogP contribution in [0, 0.1) is 0 Å². The summed E-state index contributed by atoms with van der Waals surface area (Å²) >= 11 is 5.10. The summed E-state index contributed by atoms with van der Waals surface area (Å²) in [5.74, 6) is 0.571. The third-order valence-electron chi connectivity index (χ3n) is 2.76. The molecule has 0 aliphatic carbocycles. The Morgan fingerprint density at radius 2 is 2.20 bits per heavy atom. The van der Waals surface area contributed by atoms with Crippen LogP contribution in [0.1, 0.15) is 6.92 Å². The van der Waals surface area contributed by atoms with E-state index in [9.17, 15) is 0 Å². The molecular formula is C12H13N7S. The molecule has 0 bridgehead atoms. The SMILES string of the molecule is CCNC(=S)NNc1nc2ccccc2n2cnnc12. The Morgan fingerprint density at radius 3 is 3.05 bits per heavy atom. The zero-order valence-electron chi connectivity index (χ0n) is 10.8. The molecule has 0 radical (unpaired) electrons. The molecule has 0 atom stereocenters. The molecule has 2 heterocycles. The standard InChI is InChI=1S/C12H13N7S/c1-2-13-12(20)18-16-10-11-17-14-7-19(11)9-6-4-3-5-8(9)15-10/h3-7H,2H2,1H3,(H,15,16)(H2,13,18,20). The molecule has 0 saturated carbocycles. The van der Waals surface area contributed by atoms with Gasteiger partial charge in [-0.25, -0.2) is 4.98 Å². The number of hydrogen-bond acceptors (Lipinski definition) is 5. The number of hydrazine groups is 1. The van der Waals surface area contributed by atoms with E-state index in [0.29, 0.717) is 16.6 Å². The van der Waals surface area contributed by atoms with E-state index in [-0.39, 0.29) is 0 Å². The Morgan fingerprint density at radius 1 is 1.35 bits per heavy atom. The molecule has 0 spiro atoms. The number of nitrogens with zero attached hydrogens (tertiary/aromatic N) is 4. The van der Waals surface area contributed by atoms with Gasteiger partial charge >= 0.3 is 0 Å². The molecule has 8 heteroatoms. The van der Waals surface area contributed by atoms with E-state index in [2.05, 4.69) is 31.3 Å². The fourth-order valence-corrected chi connectivity index (χ4v) is 2.11. The molecule has 0 saturated heterocycles. The second-order valence-corrected chi connectivity index (χ2v) is 4.49. The monoisotopic (exact) mass is 287 g/mol. The number of anilines is 1. The molecule has 2 aromatic heterocycles. The summed E-state index contributed by atoms with van der Waals surface area (Å²) in [7, 11) is 0. The first-order valence-electron chi connectivity index (χ1n) is 6.18. The summed E-state index contributed by atoms with van der Waals surface area (Å²) in [6.07, 6.45) is 1.66. The average molecular weight is 287 g/mol. The number of para-hydroxylation sites is 2. The molecule has 1 aromatic carbocycles. The van der Waals surface area contributed by atoms with Gasteiger partial charge in [-0.05, 0) is 31.3 Å². The summed E-state index contributed by atoms with van der Waals surface area (Å²) in [5.41, 5.74) is 8.27. The van der Waals surface area contributed by atoms with Crippen molar-refractivity contribution in [3.8, 4) is 0 Å². The lowest BCUT2D eigenvalue weighted by Crippen LogP contribution is -2.38. The third kappa shape index (κ3) is 2.21. The van der Waals surface area contributed by atoms with E-state index in [1.54, 1.807) is 6.33 Å². The van der Waals surface area contributed by atoms with Crippen LogP contribution in [-0.2, 0) is 0 Å². The molecule has 102 valence electrons. The van der Waals surface area contributed by atoms with E-state index in [0.717, 1.165) is 17.6 Å². The van der Waals surface area contributed by atoms with E-state index in [4.69, 9.17) is 12.2 Å². The van der Waals surface area contributed by atoms with Crippen LogP contribution in [0.25, 0.3) is 16.7 Å². The fourth-order valence-electron chi connectivity index (χ4n) is 1.91. The van der Waals surface area contributed by atoms with Crippen molar-refractivity contribution in [1.82, 2.24) is 30.3 Å². The minimum atomic E-state index is 0.500. The van der Waals surface area contributed by atoms with Gasteiger partial charge in [0.15, 0.2) is 10.9 Å². The lowest BCUT2D eigenvalue weighted by molar-refractivity contribution is 0.924. The second-order valence-electron chi connectivity index (χ2n) is 4.08. The highest BCUT2D eigenvalue weighted by molar-refractivity contribution is 7.80. The molecule has 0 aliphatic rings. The molecule has 0 fully saturated rings. The molecule has 0 aliphatic heterocycles. The summed E-state index contributed by atoms with van der Waals surface area (Å²) in [4.78, 5) is 4.52. The number of thiocarbonyl (C=S) groups is 1. The van der Waals surface area contributed by atoms with Gasteiger partial charge in [0.25, 0.3) is 0 Å². The lowest BCUT2D eigenvalue weighted by Gasteiger charge is -2.12. The maximum Gasteiger partial charge on any atom is 0.205 e. The Kier molecular flexibility index (Phi) is 3.30. The summed E-state index contributed by atoms with van der Waals surface area (Å²) in [6.45, 7) is 2.72. The van der Waals surface area contributed by atoms with Gasteiger partial charge < -0.3 is 5.32 Å². The molecule has 3 rings (SSSR count). The Bertz CT molecular complexity index is 767. The first kappa shape index (κ1) is 12.5. The van der Waals surface area contributed by atoms with E-state index in [1.165, 1.54) is 0 Å². The number of fused-ring (bicyclic) bond motifs is 3. The summed E-state index contributed by atoms with van der Waals surface area (Å²) < 4.78 is 1.88. The van der Waals surface area contributed by atoms with E-state index < -0.39 is 0 Å². The van der Waals surface area contributed by atoms with Crippen molar-refractivity contribution in [2.24, 2.45) is 0 Å². The average Bonchev–Trinajstić information content (AvgIpc) is 2.95. The van der Waals surface area contributed by atoms with Crippen LogP contribution in [0.2, 0.25) is 0 Å². The molecule has 3 N–H and O–H groups in total. The zero-order valence-corrected chi connectivity index (χ0v) is 11.6. The van der Waals surface area contributed by atoms with Crippen LogP contribution in [0.4, 0.5) is 5.82 Å². The number of hydrogen-bond donors (Lipinski definition) is 3. The first-order chi connectivity index (χ1) is 9.79.